The lowest BCUT2D eigenvalue weighted by Crippen LogP contribution is -2.61. The van der Waals surface area contributed by atoms with Gasteiger partial charge in [-0.15, -0.1) is 11.8 Å². The van der Waals surface area contributed by atoms with Gasteiger partial charge in [-0.1, -0.05) is 6.07 Å². The van der Waals surface area contributed by atoms with Crippen LogP contribution in [0.15, 0.2) is 24.4 Å². The number of hydrogen-bond acceptors (Lipinski definition) is 5. The second-order valence-corrected chi connectivity index (χ2v) is 9.94. The topological polar surface area (TPSA) is 59.5 Å². The lowest BCUT2D eigenvalue weighted by molar-refractivity contribution is 0.155. The summed E-state index contributed by atoms with van der Waals surface area (Å²) in [4.78, 5) is 4.17. The summed E-state index contributed by atoms with van der Waals surface area (Å²) in [6, 6.07) is 5.62. The van der Waals surface area contributed by atoms with Crippen LogP contribution >= 0.6 is 11.8 Å². The van der Waals surface area contributed by atoms with Crippen LogP contribution < -0.4 is 4.74 Å². The molecule has 7 heteroatoms. The van der Waals surface area contributed by atoms with Gasteiger partial charge in [0.15, 0.2) is 0 Å². The molecular formula is C14H20N2O3S2. The molecule has 1 aromatic rings. The maximum absolute atomic E-state index is 12.1. The van der Waals surface area contributed by atoms with E-state index in [2.05, 4.69) is 4.98 Å². The Labute approximate surface area is 130 Å². The fraction of sp³-hybridized carbons (Fsp3) is 0.643. The summed E-state index contributed by atoms with van der Waals surface area (Å²) >= 11 is 1.83. The lowest BCUT2D eigenvalue weighted by atomic mass is 9.95. The quantitative estimate of drug-likeness (QED) is 0.843. The Morgan fingerprint density at radius 3 is 2.81 bits per heavy atom. The largest absolute Gasteiger partial charge is 0.473 e. The average Bonchev–Trinajstić information content (AvgIpc) is 2.82. The third kappa shape index (κ3) is 2.91. The Kier molecular flexibility index (Phi) is 3.92. The van der Waals surface area contributed by atoms with Gasteiger partial charge in [0.25, 0.3) is 0 Å². The van der Waals surface area contributed by atoms with Crippen molar-refractivity contribution in [2.24, 2.45) is 0 Å². The minimum atomic E-state index is -3.11. The highest BCUT2D eigenvalue weighted by Crippen LogP contribution is 2.47. The molecule has 3 rings (SSSR count). The number of aromatic nitrogens is 1. The van der Waals surface area contributed by atoms with Crippen LogP contribution in [0.25, 0.3) is 0 Å². The van der Waals surface area contributed by atoms with Crippen molar-refractivity contribution in [1.82, 2.24) is 9.29 Å². The van der Waals surface area contributed by atoms with Crippen molar-refractivity contribution in [2.45, 2.75) is 36.4 Å². The van der Waals surface area contributed by atoms with Crippen LogP contribution in [0, 0.1) is 0 Å². The number of rotatable bonds is 4. The molecule has 0 aliphatic carbocycles. The number of thioether (sulfide) groups is 1. The van der Waals surface area contributed by atoms with Crippen molar-refractivity contribution in [1.29, 1.82) is 0 Å². The molecule has 2 saturated heterocycles. The Balaban J connectivity index is 1.57. The molecule has 21 heavy (non-hydrogen) atoms. The van der Waals surface area contributed by atoms with Crippen molar-refractivity contribution in [3.63, 3.8) is 0 Å². The fourth-order valence-corrected chi connectivity index (χ4v) is 5.90. The minimum Gasteiger partial charge on any atom is -0.473 e. The van der Waals surface area contributed by atoms with Crippen LogP contribution in [0.3, 0.4) is 0 Å². The Morgan fingerprint density at radius 1 is 1.43 bits per heavy atom. The number of ether oxygens (including phenoxy) is 1. The number of pyridine rings is 1. The first-order chi connectivity index (χ1) is 9.91. The van der Waals surface area contributed by atoms with Crippen LogP contribution in [0.2, 0.25) is 0 Å². The van der Waals surface area contributed by atoms with Crippen molar-refractivity contribution in [2.75, 3.05) is 18.8 Å². The predicted molar refractivity (Wildman–Crippen MR) is 84.1 cm³/mol. The van der Waals surface area contributed by atoms with Gasteiger partial charge in [-0.2, -0.15) is 4.31 Å². The van der Waals surface area contributed by atoms with Gasteiger partial charge >= 0.3 is 0 Å². The molecule has 1 spiro atoms. The predicted octanol–water partition coefficient (Wildman–Crippen LogP) is 1.76. The Morgan fingerprint density at radius 2 is 2.19 bits per heavy atom. The maximum Gasteiger partial charge on any atom is 0.216 e. The fourth-order valence-electron chi connectivity index (χ4n) is 2.76. The monoisotopic (exact) mass is 328 g/mol. The molecule has 0 N–H and O–H groups in total. The first kappa shape index (κ1) is 15.1. The molecule has 3 heterocycles. The molecule has 0 saturated carbocycles. The zero-order valence-corrected chi connectivity index (χ0v) is 13.9. The molecule has 1 aromatic heterocycles. The molecule has 0 aromatic carbocycles. The SMILES string of the molecule is CC(C)S(=O)(=O)N1CC2(C[C@H](Oc3ccccn3)CS2)C1. The Hall–Kier alpha value is -0.790. The molecule has 1 atom stereocenters. The van der Waals surface area contributed by atoms with E-state index < -0.39 is 10.0 Å². The number of sulfonamides is 1. The summed E-state index contributed by atoms with van der Waals surface area (Å²) in [5, 5.41) is -0.346. The van der Waals surface area contributed by atoms with Gasteiger partial charge in [-0.25, -0.2) is 13.4 Å². The highest BCUT2D eigenvalue weighted by Gasteiger charge is 2.53. The van der Waals surface area contributed by atoms with Gasteiger partial charge < -0.3 is 4.74 Å². The van der Waals surface area contributed by atoms with E-state index in [9.17, 15) is 8.42 Å². The summed E-state index contributed by atoms with van der Waals surface area (Å²) < 4.78 is 31.7. The molecule has 2 aliphatic rings. The van der Waals surface area contributed by atoms with E-state index in [1.54, 1.807) is 24.3 Å². The van der Waals surface area contributed by atoms with Gasteiger partial charge in [0, 0.05) is 42.3 Å². The third-order valence-electron chi connectivity index (χ3n) is 3.98. The molecule has 0 unspecified atom stereocenters. The van der Waals surface area contributed by atoms with Gasteiger partial charge in [-0.3, -0.25) is 0 Å². The summed E-state index contributed by atoms with van der Waals surface area (Å²) in [5.41, 5.74) is 0. The van der Waals surface area contributed by atoms with E-state index in [0.717, 1.165) is 12.2 Å². The van der Waals surface area contributed by atoms with E-state index in [1.807, 2.05) is 30.0 Å². The van der Waals surface area contributed by atoms with Gasteiger partial charge in [-0.05, 0) is 19.9 Å². The highest BCUT2D eigenvalue weighted by molar-refractivity contribution is 8.01. The van der Waals surface area contributed by atoms with E-state index in [4.69, 9.17) is 4.74 Å². The van der Waals surface area contributed by atoms with E-state index in [-0.39, 0.29) is 16.1 Å². The van der Waals surface area contributed by atoms with Crippen LogP contribution in [-0.4, -0.2) is 52.7 Å². The Bertz CT molecular complexity index is 598. The van der Waals surface area contributed by atoms with Crippen molar-refractivity contribution >= 4 is 21.8 Å². The second kappa shape index (κ2) is 5.44. The molecule has 116 valence electrons. The maximum atomic E-state index is 12.1. The average molecular weight is 328 g/mol. The van der Waals surface area contributed by atoms with Gasteiger partial charge in [0.2, 0.25) is 15.9 Å². The van der Waals surface area contributed by atoms with Crippen LogP contribution in [0.1, 0.15) is 20.3 Å². The normalized spacial score (nSPS) is 25.2. The summed E-state index contributed by atoms with van der Waals surface area (Å²) in [6.07, 6.45) is 2.72. The lowest BCUT2D eigenvalue weighted by Gasteiger charge is -2.46. The van der Waals surface area contributed by atoms with Crippen LogP contribution in [0.4, 0.5) is 0 Å². The van der Waals surface area contributed by atoms with E-state index in [0.29, 0.717) is 19.0 Å². The summed E-state index contributed by atoms with van der Waals surface area (Å²) in [5.74, 6) is 1.54. The van der Waals surface area contributed by atoms with Crippen molar-refractivity contribution in [3.8, 4) is 5.88 Å². The van der Waals surface area contributed by atoms with Crippen LogP contribution in [-0.2, 0) is 10.0 Å². The summed E-state index contributed by atoms with van der Waals surface area (Å²) in [7, 11) is -3.11. The highest BCUT2D eigenvalue weighted by atomic mass is 32.2. The standard InChI is InChI=1S/C14H20N2O3S2/c1-11(2)21(17,18)16-9-14(10-16)7-12(8-20-14)19-13-5-3-4-6-15-13/h3-6,11-12H,7-10H2,1-2H3/t12-/m0/s1. The molecule has 2 fully saturated rings. The number of nitrogens with zero attached hydrogens (tertiary/aromatic N) is 2. The van der Waals surface area contributed by atoms with Gasteiger partial charge in [0.1, 0.15) is 6.10 Å². The zero-order chi connectivity index (χ0) is 15.1. The zero-order valence-electron chi connectivity index (χ0n) is 12.2. The molecule has 5 nitrogen and oxygen atoms in total. The van der Waals surface area contributed by atoms with Crippen molar-refractivity contribution < 1.29 is 13.2 Å². The number of hydrogen-bond donors (Lipinski definition) is 0. The van der Waals surface area contributed by atoms with Gasteiger partial charge in [0.05, 0.1) is 5.25 Å². The molecule has 0 radical (unpaired) electrons. The third-order valence-corrected chi connectivity index (χ3v) is 7.73. The minimum absolute atomic E-state index is 0.0431. The molecular weight excluding hydrogens is 308 g/mol. The first-order valence-electron chi connectivity index (χ1n) is 7.12. The smallest absolute Gasteiger partial charge is 0.216 e. The molecule has 2 aliphatic heterocycles. The van der Waals surface area contributed by atoms with E-state index >= 15 is 0 Å². The molecule has 0 amide bonds. The van der Waals surface area contributed by atoms with Crippen LogP contribution in [0.5, 0.6) is 5.88 Å². The first-order valence-corrected chi connectivity index (χ1v) is 9.61. The summed E-state index contributed by atoms with van der Waals surface area (Å²) in [6.45, 7) is 4.69. The second-order valence-electron chi connectivity index (χ2n) is 5.97. The molecule has 0 bridgehead atoms. The van der Waals surface area contributed by atoms with Crippen molar-refractivity contribution in [3.05, 3.63) is 24.4 Å². The van der Waals surface area contributed by atoms with E-state index in [1.165, 1.54) is 0 Å².